The molecule has 0 spiro atoms. The van der Waals surface area contributed by atoms with E-state index in [4.69, 9.17) is 5.11 Å². The lowest BCUT2D eigenvalue weighted by atomic mass is 9.99. The predicted molar refractivity (Wildman–Crippen MR) is 100 cm³/mol. The zero-order valence-corrected chi connectivity index (χ0v) is 15.4. The molecule has 1 saturated heterocycles. The Morgan fingerprint density at radius 1 is 1.27 bits per heavy atom. The number of benzene rings is 1. The fourth-order valence-electron chi connectivity index (χ4n) is 3.08. The second-order valence-electron chi connectivity index (χ2n) is 6.50. The maximum atomic E-state index is 12.3. The number of likely N-dealkylation sites (tertiary alicyclic amines) is 1. The van der Waals surface area contributed by atoms with E-state index in [1.807, 2.05) is 23.6 Å². The van der Waals surface area contributed by atoms with E-state index in [0.29, 0.717) is 19.5 Å². The monoisotopic (exact) mass is 373 g/mol. The first-order valence-electron chi connectivity index (χ1n) is 8.84. The highest BCUT2D eigenvalue weighted by Crippen LogP contribution is 2.17. The van der Waals surface area contributed by atoms with Crippen LogP contribution in [-0.4, -0.2) is 40.1 Å². The molecular weight excluding hydrogens is 350 g/mol. The second-order valence-corrected chi connectivity index (χ2v) is 7.44. The SMILES string of the molecule is O=C(O)C1CCCN(C(=O)NCc2csc(CCc3ccccc3)n2)C1. The summed E-state index contributed by atoms with van der Waals surface area (Å²) in [7, 11) is 0. The number of aliphatic carboxylic acids is 1. The minimum Gasteiger partial charge on any atom is -0.481 e. The van der Waals surface area contributed by atoms with Gasteiger partial charge in [-0.15, -0.1) is 11.3 Å². The van der Waals surface area contributed by atoms with E-state index in [0.717, 1.165) is 30.0 Å². The number of hydrogen-bond donors (Lipinski definition) is 2. The fourth-order valence-corrected chi connectivity index (χ4v) is 3.88. The molecule has 6 nitrogen and oxygen atoms in total. The van der Waals surface area contributed by atoms with Gasteiger partial charge in [0.2, 0.25) is 0 Å². The third-order valence-electron chi connectivity index (χ3n) is 4.55. The summed E-state index contributed by atoms with van der Waals surface area (Å²) in [6.07, 6.45) is 3.19. The fraction of sp³-hybridized carbons (Fsp3) is 0.421. The normalized spacial score (nSPS) is 17.1. The summed E-state index contributed by atoms with van der Waals surface area (Å²) in [6.45, 7) is 1.25. The summed E-state index contributed by atoms with van der Waals surface area (Å²) in [5.41, 5.74) is 2.13. The maximum Gasteiger partial charge on any atom is 0.317 e. The molecular formula is C19H23N3O3S. The molecule has 0 bridgehead atoms. The third kappa shape index (κ3) is 5.05. The van der Waals surface area contributed by atoms with Gasteiger partial charge >= 0.3 is 12.0 Å². The Kier molecular flexibility index (Phi) is 6.22. The molecule has 1 aliphatic heterocycles. The number of rotatable bonds is 6. The van der Waals surface area contributed by atoms with E-state index >= 15 is 0 Å². The molecule has 1 aromatic carbocycles. The number of piperidine rings is 1. The molecule has 7 heteroatoms. The number of carboxylic acid groups (broad SMARTS) is 1. The van der Waals surface area contributed by atoms with Crippen molar-refractivity contribution < 1.29 is 14.7 Å². The Labute approximate surface area is 156 Å². The van der Waals surface area contributed by atoms with Crippen LogP contribution in [0.3, 0.4) is 0 Å². The molecule has 0 aliphatic carbocycles. The molecule has 138 valence electrons. The van der Waals surface area contributed by atoms with Crippen molar-refractivity contribution in [2.75, 3.05) is 13.1 Å². The van der Waals surface area contributed by atoms with Crippen molar-refractivity contribution in [3.63, 3.8) is 0 Å². The number of carbonyl (C=O) groups excluding carboxylic acids is 1. The van der Waals surface area contributed by atoms with Crippen molar-refractivity contribution in [2.45, 2.75) is 32.2 Å². The van der Waals surface area contributed by atoms with E-state index in [9.17, 15) is 9.59 Å². The van der Waals surface area contributed by atoms with E-state index in [-0.39, 0.29) is 12.6 Å². The van der Waals surface area contributed by atoms with Crippen LogP contribution < -0.4 is 5.32 Å². The summed E-state index contributed by atoms with van der Waals surface area (Å²) in [6, 6.07) is 10.1. The summed E-state index contributed by atoms with van der Waals surface area (Å²) in [5, 5.41) is 15.0. The zero-order chi connectivity index (χ0) is 18.4. The van der Waals surface area contributed by atoms with Gasteiger partial charge in [0.25, 0.3) is 0 Å². The highest BCUT2D eigenvalue weighted by molar-refractivity contribution is 7.09. The Balaban J connectivity index is 1.45. The predicted octanol–water partition coefficient (Wildman–Crippen LogP) is 2.93. The highest BCUT2D eigenvalue weighted by atomic mass is 32.1. The molecule has 2 aromatic rings. The number of nitrogens with one attached hydrogen (secondary N) is 1. The van der Waals surface area contributed by atoms with Gasteiger partial charge in [0.05, 0.1) is 23.2 Å². The summed E-state index contributed by atoms with van der Waals surface area (Å²) < 4.78 is 0. The van der Waals surface area contributed by atoms with E-state index in [2.05, 4.69) is 22.4 Å². The van der Waals surface area contributed by atoms with Crippen LogP contribution in [-0.2, 0) is 24.2 Å². The minimum absolute atomic E-state index is 0.213. The van der Waals surface area contributed by atoms with Crippen LogP contribution in [0.15, 0.2) is 35.7 Å². The number of carbonyl (C=O) groups is 2. The quantitative estimate of drug-likeness (QED) is 0.816. The Morgan fingerprint density at radius 3 is 2.85 bits per heavy atom. The Morgan fingerprint density at radius 2 is 2.08 bits per heavy atom. The van der Waals surface area contributed by atoms with Gasteiger partial charge in [-0.3, -0.25) is 4.79 Å². The molecule has 2 heterocycles. The third-order valence-corrected chi connectivity index (χ3v) is 5.51. The minimum atomic E-state index is -0.829. The summed E-state index contributed by atoms with van der Waals surface area (Å²) in [5.74, 6) is -1.29. The van der Waals surface area contributed by atoms with Crippen molar-refractivity contribution in [2.24, 2.45) is 5.92 Å². The van der Waals surface area contributed by atoms with Crippen molar-refractivity contribution in [1.82, 2.24) is 15.2 Å². The number of carboxylic acids is 1. The number of aromatic nitrogens is 1. The first-order chi connectivity index (χ1) is 12.6. The topological polar surface area (TPSA) is 82.5 Å². The molecule has 1 aromatic heterocycles. The lowest BCUT2D eigenvalue weighted by Crippen LogP contribution is -2.46. The first kappa shape index (κ1) is 18.4. The van der Waals surface area contributed by atoms with Gasteiger partial charge in [-0.1, -0.05) is 30.3 Å². The molecule has 1 atom stereocenters. The van der Waals surface area contributed by atoms with Crippen molar-refractivity contribution in [1.29, 1.82) is 0 Å². The number of amides is 2. The Bertz CT molecular complexity index is 747. The molecule has 2 N–H and O–H groups in total. The highest BCUT2D eigenvalue weighted by Gasteiger charge is 2.27. The van der Waals surface area contributed by atoms with Crippen LogP contribution in [0.4, 0.5) is 4.79 Å². The largest absolute Gasteiger partial charge is 0.481 e. The Hall–Kier alpha value is -2.41. The smallest absolute Gasteiger partial charge is 0.317 e. The second kappa shape index (κ2) is 8.80. The molecule has 26 heavy (non-hydrogen) atoms. The number of hydrogen-bond acceptors (Lipinski definition) is 4. The van der Waals surface area contributed by atoms with Crippen LogP contribution in [0.5, 0.6) is 0 Å². The van der Waals surface area contributed by atoms with Gasteiger partial charge < -0.3 is 15.3 Å². The van der Waals surface area contributed by atoms with E-state index < -0.39 is 11.9 Å². The van der Waals surface area contributed by atoms with Crippen LogP contribution >= 0.6 is 11.3 Å². The first-order valence-corrected chi connectivity index (χ1v) is 9.72. The number of thiazole rings is 1. The average molecular weight is 373 g/mol. The summed E-state index contributed by atoms with van der Waals surface area (Å²) in [4.78, 5) is 29.5. The van der Waals surface area contributed by atoms with Gasteiger partial charge in [-0.25, -0.2) is 9.78 Å². The summed E-state index contributed by atoms with van der Waals surface area (Å²) >= 11 is 1.61. The van der Waals surface area contributed by atoms with Crippen molar-refractivity contribution in [3.8, 4) is 0 Å². The maximum absolute atomic E-state index is 12.3. The molecule has 1 fully saturated rings. The molecule has 1 aliphatic rings. The molecule has 1 unspecified atom stereocenters. The average Bonchev–Trinajstić information content (AvgIpc) is 3.13. The molecule has 2 amide bonds. The van der Waals surface area contributed by atoms with Crippen LogP contribution in [0.1, 0.15) is 29.1 Å². The lowest BCUT2D eigenvalue weighted by molar-refractivity contribution is -0.143. The van der Waals surface area contributed by atoms with Crippen molar-refractivity contribution >= 4 is 23.3 Å². The van der Waals surface area contributed by atoms with E-state index in [1.165, 1.54) is 5.56 Å². The number of nitrogens with zero attached hydrogens (tertiary/aromatic N) is 2. The number of urea groups is 1. The lowest BCUT2D eigenvalue weighted by Gasteiger charge is -2.30. The van der Waals surface area contributed by atoms with Crippen LogP contribution in [0, 0.1) is 5.92 Å². The molecule has 0 radical (unpaired) electrons. The molecule has 0 saturated carbocycles. The zero-order valence-electron chi connectivity index (χ0n) is 14.6. The van der Waals surface area contributed by atoms with Gasteiger partial charge in [-0.2, -0.15) is 0 Å². The number of aryl methyl sites for hydroxylation is 2. The van der Waals surface area contributed by atoms with Crippen molar-refractivity contribution in [3.05, 3.63) is 52.0 Å². The van der Waals surface area contributed by atoms with E-state index in [1.54, 1.807) is 16.2 Å². The van der Waals surface area contributed by atoms with Gasteiger partial charge in [0, 0.05) is 24.9 Å². The van der Waals surface area contributed by atoms with Gasteiger partial charge in [0.15, 0.2) is 0 Å². The van der Waals surface area contributed by atoms with Crippen LogP contribution in [0.2, 0.25) is 0 Å². The standard InChI is InChI=1S/C19H23N3O3S/c23-18(24)15-7-4-10-22(12-15)19(25)20-11-16-13-26-17(21-16)9-8-14-5-2-1-3-6-14/h1-3,5-6,13,15H,4,7-12H2,(H,20,25)(H,23,24). The molecule has 3 rings (SSSR count). The van der Waals surface area contributed by atoms with Crippen LogP contribution in [0.25, 0.3) is 0 Å². The van der Waals surface area contributed by atoms with Gasteiger partial charge in [-0.05, 0) is 24.8 Å². The van der Waals surface area contributed by atoms with Gasteiger partial charge in [0.1, 0.15) is 0 Å².